The average Bonchev–Trinajstić information content (AvgIpc) is 2.85. The second-order valence-electron chi connectivity index (χ2n) is 8.35. The number of anilines is 1. The maximum Gasteiger partial charge on any atom is 0.216 e. The minimum atomic E-state index is 0.450. The Balaban J connectivity index is 2.02. The summed E-state index contributed by atoms with van der Waals surface area (Å²) in [4.78, 5) is 13.5. The van der Waals surface area contributed by atoms with Gasteiger partial charge in [0.05, 0.1) is 25.4 Å². The van der Waals surface area contributed by atoms with Crippen molar-refractivity contribution >= 4 is 24.5 Å². The Morgan fingerprint density at radius 1 is 1.18 bits per heavy atom. The Kier molecular flexibility index (Phi) is 13.0. The molecule has 1 aliphatic heterocycles. The molecule has 0 spiro atoms. The van der Waals surface area contributed by atoms with Crippen LogP contribution in [0.2, 0.25) is 0 Å². The first-order chi connectivity index (χ1) is 16.6. The highest BCUT2D eigenvalue weighted by molar-refractivity contribution is 5.94. The molecule has 188 valence electrons. The van der Waals surface area contributed by atoms with Gasteiger partial charge >= 0.3 is 0 Å². The molecule has 1 saturated heterocycles. The molecule has 1 aliphatic rings. The zero-order chi connectivity index (χ0) is 24.6. The van der Waals surface area contributed by atoms with Gasteiger partial charge in [-0.05, 0) is 56.7 Å². The van der Waals surface area contributed by atoms with Crippen molar-refractivity contribution in [3.8, 4) is 0 Å². The average molecular weight is 471 g/mol. The van der Waals surface area contributed by atoms with E-state index in [0.717, 1.165) is 70.3 Å². The van der Waals surface area contributed by atoms with Gasteiger partial charge in [0, 0.05) is 45.0 Å². The number of hydrogen-bond acceptors (Lipinski definition) is 7. The van der Waals surface area contributed by atoms with Crippen molar-refractivity contribution in [3.05, 3.63) is 41.3 Å². The van der Waals surface area contributed by atoms with Crippen molar-refractivity contribution in [2.24, 2.45) is 15.1 Å². The molecular weight excluding hydrogens is 428 g/mol. The van der Waals surface area contributed by atoms with Crippen LogP contribution in [0.15, 0.2) is 45.2 Å². The van der Waals surface area contributed by atoms with Gasteiger partial charge in [-0.3, -0.25) is 15.3 Å². The SMILES string of the molecule is C=N/C(=C\C(=NC/C=N/Nc1ccc(C)c(C)c1)N(CCC)CCC)OCCN1CCOCC1. The predicted octanol–water partition coefficient (Wildman–Crippen LogP) is 4.11. The van der Waals surface area contributed by atoms with E-state index in [1.165, 1.54) is 11.1 Å². The summed E-state index contributed by atoms with van der Waals surface area (Å²) >= 11 is 0. The molecule has 1 N–H and O–H groups in total. The van der Waals surface area contributed by atoms with Crippen LogP contribution in [-0.4, -0.2) is 87.7 Å². The lowest BCUT2D eigenvalue weighted by Gasteiger charge is -2.26. The van der Waals surface area contributed by atoms with E-state index in [-0.39, 0.29) is 0 Å². The predicted molar refractivity (Wildman–Crippen MR) is 143 cm³/mol. The lowest BCUT2D eigenvalue weighted by molar-refractivity contribution is 0.0274. The summed E-state index contributed by atoms with van der Waals surface area (Å²) in [7, 11) is 0. The first-order valence-corrected chi connectivity index (χ1v) is 12.3. The van der Waals surface area contributed by atoms with Gasteiger partial charge in [0.2, 0.25) is 5.88 Å². The van der Waals surface area contributed by atoms with E-state index >= 15 is 0 Å². The summed E-state index contributed by atoms with van der Waals surface area (Å²) in [5, 5.41) is 4.33. The van der Waals surface area contributed by atoms with Gasteiger partial charge in [0.25, 0.3) is 0 Å². The molecule has 1 aromatic rings. The Bertz CT molecular complexity index is 825. The summed E-state index contributed by atoms with van der Waals surface area (Å²) in [5.74, 6) is 1.34. The van der Waals surface area contributed by atoms with E-state index in [4.69, 9.17) is 14.5 Å². The second-order valence-corrected chi connectivity index (χ2v) is 8.35. The molecule has 1 fully saturated rings. The summed E-state index contributed by atoms with van der Waals surface area (Å²) in [6.07, 6.45) is 5.73. The summed E-state index contributed by atoms with van der Waals surface area (Å²) < 4.78 is 11.3. The van der Waals surface area contributed by atoms with Gasteiger partial charge < -0.3 is 14.4 Å². The molecular formula is C26H42N6O2. The number of aryl methyl sites for hydroxylation is 2. The fourth-order valence-corrected chi connectivity index (χ4v) is 3.57. The van der Waals surface area contributed by atoms with Crippen LogP contribution in [0.3, 0.4) is 0 Å². The molecule has 0 atom stereocenters. The van der Waals surface area contributed by atoms with Crippen LogP contribution in [0, 0.1) is 13.8 Å². The maximum atomic E-state index is 5.93. The fraction of sp³-hybridized carbons (Fsp3) is 0.577. The molecule has 8 heteroatoms. The zero-order valence-electron chi connectivity index (χ0n) is 21.4. The Hall–Kier alpha value is -2.71. The largest absolute Gasteiger partial charge is 0.476 e. The lowest BCUT2D eigenvalue weighted by Crippen LogP contribution is -2.38. The number of amidine groups is 1. The van der Waals surface area contributed by atoms with Gasteiger partial charge in [-0.1, -0.05) is 19.9 Å². The van der Waals surface area contributed by atoms with Gasteiger partial charge in [0.15, 0.2) is 0 Å². The standard InChI is InChI=1S/C26H42N6O2/c1-6-12-32(13-7-2)25(21-26(27-5)34-19-16-31-14-17-33-18-15-31)28-10-11-29-30-24-9-8-22(3)23(4)20-24/h8-9,11,20-21,30H,5-7,10,12-19H2,1-4H3/b26-21+,28-25?,29-11+. The molecule has 2 rings (SSSR count). The van der Waals surface area contributed by atoms with E-state index in [0.29, 0.717) is 19.0 Å². The highest BCUT2D eigenvalue weighted by Gasteiger charge is 2.12. The second kappa shape index (κ2) is 16.0. The molecule has 0 bridgehead atoms. The molecule has 0 unspecified atom stereocenters. The highest BCUT2D eigenvalue weighted by Crippen LogP contribution is 2.13. The van der Waals surface area contributed by atoms with Crippen LogP contribution in [0.5, 0.6) is 0 Å². The Morgan fingerprint density at radius 3 is 2.56 bits per heavy atom. The third-order valence-electron chi connectivity index (χ3n) is 5.61. The number of hydrazone groups is 1. The minimum Gasteiger partial charge on any atom is -0.476 e. The number of benzene rings is 1. The number of nitrogens with zero attached hydrogens (tertiary/aromatic N) is 5. The number of rotatable bonds is 14. The molecule has 0 saturated carbocycles. The van der Waals surface area contributed by atoms with Crippen LogP contribution < -0.4 is 5.43 Å². The summed E-state index contributed by atoms with van der Waals surface area (Å²) in [6.45, 7) is 19.4. The lowest BCUT2D eigenvalue weighted by atomic mass is 10.1. The van der Waals surface area contributed by atoms with E-state index in [1.807, 2.05) is 12.1 Å². The molecule has 0 amide bonds. The molecule has 1 heterocycles. The quantitative estimate of drug-likeness (QED) is 0.192. The summed E-state index contributed by atoms with van der Waals surface area (Å²) in [6, 6.07) is 6.20. The van der Waals surface area contributed by atoms with Crippen molar-refractivity contribution < 1.29 is 9.47 Å². The monoisotopic (exact) mass is 470 g/mol. The van der Waals surface area contributed by atoms with Crippen LogP contribution in [0.4, 0.5) is 5.69 Å². The van der Waals surface area contributed by atoms with Crippen molar-refractivity contribution in [1.82, 2.24) is 9.80 Å². The summed E-state index contributed by atoms with van der Waals surface area (Å²) in [5.41, 5.74) is 6.55. The number of hydrogen-bond donors (Lipinski definition) is 1. The van der Waals surface area contributed by atoms with E-state index < -0.39 is 0 Å². The number of ether oxygens (including phenoxy) is 2. The number of nitrogens with one attached hydrogen (secondary N) is 1. The molecule has 0 radical (unpaired) electrons. The van der Waals surface area contributed by atoms with E-state index in [9.17, 15) is 0 Å². The van der Waals surface area contributed by atoms with Gasteiger partial charge in [0.1, 0.15) is 12.4 Å². The minimum absolute atomic E-state index is 0.450. The molecule has 0 aliphatic carbocycles. The van der Waals surface area contributed by atoms with Crippen molar-refractivity contribution in [2.45, 2.75) is 40.5 Å². The first kappa shape index (κ1) is 27.5. The third kappa shape index (κ3) is 10.1. The number of aliphatic imine (C=N–C) groups is 2. The van der Waals surface area contributed by atoms with Gasteiger partial charge in [-0.25, -0.2) is 4.99 Å². The van der Waals surface area contributed by atoms with Crippen LogP contribution in [0.1, 0.15) is 37.8 Å². The van der Waals surface area contributed by atoms with Gasteiger partial charge in [-0.15, -0.1) is 0 Å². The Labute approximate surface area is 205 Å². The van der Waals surface area contributed by atoms with E-state index in [2.05, 4.69) is 71.9 Å². The maximum absolute atomic E-state index is 5.93. The van der Waals surface area contributed by atoms with Crippen molar-refractivity contribution in [1.29, 1.82) is 0 Å². The fourth-order valence-electron chi connectivity index (χ4n) is 3.57. The van der Waals surface area contributed by atoms with Gasteiger partial charge in [-0.2, -0.15) is 5.10 Å². The van der Waals surface area contributed by atoms with E-state index in [1.54, 1.807) is 6.21 Å². The van der Waals surface area contributed by atoms with Crippen LogP contribution in [0.25, 0.3) is 0 Å². The Morgan fingerprint density at radius 2 is 1.91 bits per heavy atom. The highest BCUT2D eigenvalue weighted by atomic mass is 16.5. The molecule has 0 aromatic heterocycles. The third-order valence-corrected chi connectivity index (χ3v) is 5.61. The normalized spacial score (nSPS) is 15.5. The van der Waals surface area contributed by atoms with Crippen LogP contribution in [-0.2, 0) is 9.47 Å². The molecule has 1 aromatic carbocycles. The van der Waals surface area contributed by atoms with Crippen molar-refractivity contribution in [3.63, 3.8) is 0 Å². The zero-order valence-corrected chi connectivity index (χ0v) is 21.4. The molecule has 34 heavy (non-hydrogen) atoms. The smallest absolute Gasteiger partial charge is 0.216 e. The van der Waals surface area contributed by atoms with Crippen LogP contribution >= 0.6 is 0 Å². The topological polar surface area (TPSA) is 74.0 Å². The molecule has 8 nitrogen and oxygen atoms in total. The van der Waals surface area contributed by atoms with Crippen molar-refractivity contribution in [2.75, 3.05) is 64.5 Å². The first-order valence-electron chi connectivity index (χ1n) is 12.3. The number of morpholine rings is 1.